The normalized spacial score (nSPS) is 18.6. The highest BCUT2D eigenvalue weighted by atomic mass is 32.1. The summed E-state index contributed by atoms with van der Waals surface area (Å²) in [4.78, 5) is 13.1. The van der Waals surface area contributed by atoms with Crippen molar-refractivity contribution in [1.29, 1.82) is 5.26 Å². The van der Waals surface area contributed by atoms with Crippen LogP contribution in [0.3, 0.4) is 0 Å². The molecule has 1 heterocycles. The molecule has 84 valence electrons. The number of methoxy groups -OCH3 is 1. The van der Waals surface area contributed by atoms with Crippen LogP contribution in [0.15, 0.2) is 12.1 Å². The topological polar surface area (TPSA) is 76.1 Å². The maximum atomic E-state index is 11.4. The maximum absolute atomic E-state index is 11.4. The van der Waals surface area contributed by atoms with E-state index in [-0.39, 0.29) is 11.4 Å². The highest BCUT2D eigenvalue weighted by molar-refractivity contribution is 7.12. The fraction of sp³-hybridized carbons (Fsp3) is 0.455. The third-order valence-electron chi connectivity index (χ3n) is 3.05. The predicted molar refractivity (Wildman–Crippen MR) is 59.9 cm³/mol. The first kappa shape index (κ1) is 11.1. The molecule has 0 saturated heterocycles. The fourth-order valence-electron chi connectivity index (χ4n) is 1.86. The van der Waals surface area contributed by atoms with Gasteiger partial charge in [-0.25, -0.2) is 0 Å². The predicted octanol–water partition coefficient (Wildman–Crippen LogP) is 1.15. The fourth-order valence-corrected chi connectivity index (χ4v) is 2.95. The Hall–Kier alpha value is -1.38. The Balaban J connectivity index is 2.26. The summed E-state index contributed by atoms with van der Waals surface area (Å²) >= 11 is 1.41. The lowest BCUT2D eigenvalue weighted by atomic mass is 9.95. The first-order valence-corrected chi connectivity index (χ1v) is 5.79. The lowest BCUT2D eigenvalue weighted by molar-refractivity contribution is -0.143. The summed E-state index contributed by atoms with van der Waals surface area (Å²) in [5, 5.41) is 8.77. The van der Waals surface area contributed by atoms with Crippen molar-refractivity contribution >= 4 is 17.3 Å². The highest BCUT2D eigenvalue weighted by Gasteiger charge is 2.53. The quantitative estimate of drug-likeness (QED) is 0.799. The summed E-state index contributed by atoms with van der Waals surface area (Å²) in [6.45, 7) is 0. The second kappa shape index (κ2) is 3.89. The van der Waals surface area contributed by atoms with Gasteiger partial charge >= 0.3 is 5.97 Å². The third kappa shape index (κ3) is 1.60. The average Bonchev–Trinajstić information content (AvgIpc) is 2.98. The molecule has 0 bridgehead atoms. The zero-order chi connectivity index (χ0) is 11.8. The van der Waals surface area contributed by atoms with Crippen LogP contribution in [0.1, 0.15) is 22.6 Å². The maximum Gasteiger partial charge on any atom is 0.323 e. The van der Waals surface area contributed by atoms with Crippen molar-refractivity contribution in [2.24, 2.45) is 5.73 Å². The number of esters is 1. The minimum Gasteiger partial charge on any atom is -0.468 e. The van der Waals surface area contributed by atoms with Crippen molar-refractivity contribution < 1.29 is 9.53 Å². The minimum atomic E-state index is -0.623. The summed E-state index contributed by atoms with van der Waals surface area (Å²) in [6, 6.07) is 5.12. The number of rotatable bonds is 3. The number of nitrogens with zero attached hydrogens (tertiary/aromatic N) is 1. The Kier molecular flexibility index (Phi) is 2.70. The molecular formula is C11H12N2O2S. The molecule has 2 rings (SSSR count). The molecule has 1 saturated carbocycles. The van der Waals surface area contributed by atoms with Crippen molar-refractivity contribution in [2.75, 3.05) is 7.11 Å². The van der Waals surface area contributed by atoms with E-state index < -0.39 is 6.04 Å². The number of nitrogens with two attached hydrogens (primary N) is 1. The van der Waals surface area contributed by atoms with Crippen molar-refractivity contribution in [3.63, 3.8) is 0 Å². The molecule has 1 fully saturated rings. The summed E-state index contributed by atoms with van der Waals surface area (Å²) < 4.78 is 4.67. The van der Waals surface area contributed by atoms with Crippen LogP contribution in [0.4, 0.5) is 0 Å². The van der Waals surface area contributed by atoms with Crippen LogP contribution in [0.5, 0.6) is 0 Å². The van der Waals surface area contributed by atoms with Crippen LogP contribution >= 0.6 is 11.3 Å². The summed E-state index contributed by atoms with van der Waals surface area (Å²) in [5.74, 6) is -0.385. The van der Waals surface area contributed by atoms with Gasteiger partial charge < -0.3 is 10.5 Å². The van der Waals surface area contributed by atoms with Gasteiger partial charge in [-0.2, -0.15) is 5.26 Å². The van der Waals surface area contributed by atoms with E-state index >= 15 is 0 Å². The summed E-state index contributed by atoms with van der Waals surface area (Å²) in [6.07, 6.45) is 1.77. The van der Waals surface area contributed by atoms with E-state index in [1.54, 1.807) is 6.07 Å². The lowest BCUT2D eigenvalue weighted by Gasteiger charge is -2.19. The van der Waals surface area contributed by atoms with Crippen LogP contribution in [0.25, 0.3) is 0 Å². The van der Waals surface area contributed by atoms with Gasteiger partial charge in [-0.1, -0.05) is 0 Å². The van der Waals surface area contributed by atoms with Crippen LogP contribution in [-0.2, 0) is 14.9 Å². The summed E-state index contributed by atoms with van der Waals surface area (Å²) in [7, 11) is 1.34. The van der Waals surface area contributed by atoms with Gasteiger partial charge in [0.05, 0.1) is 7.11 Å². The molecule has 2 N–H and O–H groups in total. The second-order valence-corrected chi connectivity index (χ2v) is 5.02. The van der Waals surface area contributed by atoms with Gasteiger partial charge in [0.2, 0.25) is 0 Å². The average molecular weight is 236 g/mol. The smallest absolute Gasteiger partial charge is 0.323 e. The molecular weight excluding hydrogens is 224 g/mol. The Labute approximate surface area is 97.6 Å². The first-order chi connectivity index (χ1) is 7.64. The zero-order valence-corrected chi connectivity index (χ0v) is 9.71. The molecule has 0 amide bonds. The Morgan fingerprint density at radius 2 is 2.38 bits per heavy atom. The number of ether oxygens (including phenoxy) is 1. The van der Waals surface area contributed by atoms with Gasteiger partial charge in [0.15, 0.2) is 0 Å². The molecule has 0 radical (unpaired) electrons. The van der Waals surface area contributed by atoms with Gasteiger partial charge in [-0.3, -0.25) is 4.79 Å². The Bertz CT molecular complexity index is 457. The Morgan fingerprint density at radius 1 is 1.69 bits per heavy atom. The van der Waals surface area contributed by atoms with Gasteiger partial charge in [0.1, 0.15) is 17.0 Å². The van der Waals surface area contributed by atoms with E-state index in [4.69, 9.17) is 11.0 Å². The van der Waals surface area contributed by atoms with Crippen LogP contribution in [-0.4, -0.2) is 19.1 Å². The van der Waals surface area contributed by atoms with Crippen molar-refractivity contribution in [1.82, 2.24) is 0 Å². The SMILES string of the molecule is COC(=O)C(N)C1(c2ccc(C#N)s2)CC1. The van der Waals surface area contributed by atoms with Crippen molar-refractivity contribution in [2.45, 2.75) is 24.3 Å². The molecule has 0 spiro atoms. The number of hydrogen-bond donors (Lipinski definition) is 1. The van der Waals surface area contributed by atoms with Crippen LogP contribution in [0.2, 0.25) is 0 Å². The van der Waals surface area contributed by atoms with Crippen molar-refractivity contribution in [3.8, 4) is 6.07 Å². The molecule has 1 aromatic rings. The zero-order valence-electron chi connectivity index (χ0n) is 8.90. The third-order valence-corrected chi connectivity index (χ3v) is 4.26. The highest BCUT2D eigenvalue weighted by Crippen LogP contribution is 2.52. The molecule has 4 nitrogen and oxygen atoms in total. The van der Waals surface area contributed by atoms with E-state index in [9.17, 15) is 4.79 Å². The van der Waals surface area contributed by atoms with Gasteiger partial charge in [0.25, 0.3) is 0 Å². The van der Waals surface area contributed by atoms with Gasteiger partial charge in [-0.15, -0.1) is 11.3 Å². The van der Waals surface area contributed by atoms with Crippen molar-refractivity contribution in [3.05, 3.63) is 21.9 Å². The minimum absolute atomic E-state index is 0.285. The molecule has 5 heteroatoms. The van der Waals surface area contributed by atoms with Gasteiger partial charge in [-0.05, 0) is 25.0 Å². The molecule has 0 aliphatic heterocycles. The molecule has 1 aliphatic carbocycles. The largest absolute Gasteiger partial charge is 0.468 e. The monoisotopic (exact) mass is 236 g/mol. The van der Waals surface area contributed by atoms with E-state index in [1.165, 1.54) is 18.4 Å². The molecule has 1 unspecified atom stereocenters. The van der Waals surface area contributed by atoms with E-state index in [0.717, 1.165) is 17.7 Å². The summed E-state index contributed by atoms with van der Waals surface area (Å²) in [5.41, 5.74) is 5.62. The second-order valence-electron chi connectivity index (χ2n) is 3.93. The van der Waals surface area contributed by atoms with E-state index in [0.29, 0.717) is 4.88 Å². The molecule has 1 aliphatic rings. The Morgan fingerprint density at radius 3 is 2.81 bits per heavy atom. The number of hydrogen-bond acceptors (Lipinski definition) is 5. The van der Waals surface area contributed by atoms with E-state index in [1.807, 2.05) is 6.07 Å². The number of carbonyl (C=O) groups excluding carboxylic acids is 1. The van der Waals surface area contributed by atoms with Crippen LogP contribution in [0, 0.1) is 11.3 Å². The van der Waals surface area contributed by atoms with E-state index in [2.05, 4.69) is 10.8 Å². The van der Waals surface area contributed by atoms with Gasteiger partial charge in [0, 0.05) is 10.3 Å². The lowest BCUT2D eigenvalue weighted by Crippen LogP contribution is -2.42. The molecule has 0 aromatic carbocycles. The molecule has 1 aromatic heterocycles. The molecule has 16 heavy (non-hydrogen) atoms. The molecule has 1 atom stereocenters. The standard InChI is InChI=1S/C11H12N2O2S/c1-15-10(14)9(13)11(4-5-11)8-3-2-7(6-12)16-8/h2-3,9H,4-5,13H2,1H3. The number of carbonyl (C=O) groups is 1. The first-order valence-electron chi connectivity index (χ1n) is 4.98. The van der Waals surface area contributed by atoms with Crippen LogP contribution < -0.4 is 5.73 Å². The number of thiophene rings is 1. The number of nitriles is 1.